The first-order chi connectivity index (χ1) is 15.9. The smallest absolute Gasteiger partial charge is 0.232 e. The topological polar surface area (TPSA) is 97.4 Å². The molecule has 4 atom stereocenters. The molecule has 8 nitrogen and oxygen atoms in total. The number of anilines is 2. The number of rotatable bonds is 7. The molecule has 2 aliphatic rings. The van der Waals surface area contributed by atoms with Crippen LogP contribution in [0.25, 0.3) is 11.3 Å². The Kier molecular flexibility index (Phi) is 7.80. The van der Waals surface area contributed by atoms with Crippen LogP contribution in [0.1, 0.15) is 26.7 Å². The van der Waals surface area contributed by atoms with Gasteiger partial charge >= 0.3 is 0 Å². The van der Waals surface area contributed by atoms with E-state index in [1.165, 1.54) is 0 Å². The van der Waals surface area contributed by atoms with E-state index in [9.17, 15) is 4.79 Å². The fourth-order valence-corrected chi connectivity index (χ4v) is 4.93. The molecule has 2 fully saturated rings. The number of nitrogens with one attached hydrogen (secondary N) is 3. The maximum atomic E-state index is 12.7. The number of carbonyl (C=O) groups is 1. The highest BCUT2D eigenvalue weighted by molar-refractivity contribution is 6.33. The summed E-state index contributed by atoms with van der Waals surface area (Å²) in [5.41, 5.74) is 1.43. The zero-order chi connectivity index (χ0) is 23.4. The van der Waals surface area contributed by atoms with Crippen molar-refractivity contribution in [2.45, 2.75) is 45.0 Å². The van der Waals surface area contributed by atoms with E-state index in [1.54, 1.807) is 19.4 Å². The molecule has 9 heteroatoms. The summed E-state index contributed by atoms with van der Waals surface area (Å²) in [4.78, 5) is 21.7. The second kappa shape index (κ2) is 10.8. The van der Waals surface area contributed by atoms with Gasteiger partial charge in [-0.2, -0.15) is 0 Å². The van der Waals surface area contributed by atoms with E-state index in [0.29, 0.717) is 41.1 Å². The van der Waals surface area contributed by atoms with Crippen molar-refractivity contribution in [3.63, 3.8) is 0 Å². The molecule has 4 rings (SSSR count). The van der Waals surface area contributed by atoms with Crippen molar-refractivity contribution in [1.82, 2.24) is 15.3 Å². The van der Waals surface area contributed by atoms with Crippen molar-refractivity contribution in [2.24, 2.45) is 11.8 Å². The summed E-state index contributed by atoms with van der Waals surface area (Å²) in [6.45, 7) is 6.33. The lowest BCUT2D eigenvalue weighted by molar-refractivity contribution is -0.122. The third kappa shape index (κ3) is 6.00. The number of ether oxygens (including phenoxy) is 2. The SMILES string of the molecule is CO[C@H]1CNC[C@@H]1C(=O)Nc1cc(-c2cccc(NCC3CC(C)OC(C)C3)n2)c(Cl)cn1. The molecular formula is C24H32ClN5O3. The third-order valence-electron chi connectivity index (χ3n) is 6.30. The molecule has 33 heavy (non-hydrogen) atoms. The molecule has 178 valence electrons. The van der Waals surface area contributed by atoms with Gasteiger partial charge in [0.25, 0.3) is 0 Å². The number of methoxy groups -OCH3 is 1. The number of nitrogens with zero attached hydrogens (tertiary/aromatic N) is 2. The number of pyridine rings is 2. The summed E-state index contributed by atoms with van der Waals surface area (Å²) in [5.74, 6) is 1.37. The first kappa shape index (κ1) is 23.9. The maximum Gasteiger partial charge on any atom is 0.232 e. The number of aromatic nitrogens is 2. The van der Waals surface area contributed by atoms with Crippen LogP contribution < -0.4 is 16.0 Å². The summed E-state index contributed by atoms with van der Waals surface area (Å²) in [6, 6.07) is 7.56. The van der Waals surface area contributed by atoms with Crippen LogP contribution in [-0.4, -0.2) is 60.9 Å². The second-order valence-corrected chi connectivity index (χ2v) is 9.37. The van der Waals surface area contributed by atoms with Gasteiger partial charge in [0.1, 0.15) is 11.6 Å². The lowest BCUT2D eigenvalue weighted by atomic mass is 9.92. The van der Waals surface area contributed by atoms with Gasteiger partial charge in [-0.25, -0.2) is 9.97 Å². The zero-order valence-corrected chi connectivity index (χ0v) is 20.1. The van der Waals surface area contributed by atoms with E-state index in [2.05, 4.69) is 34.8 Å². The van der Waals surface area contributed by atoms with E-state index in [1.807, 2.05) is 18.2 Å². The predicted molar refractivity (Wildman–Crippen MR) is 129 cm³/mol. The van der Waals surface area contributed by atoms with Crippen LogP contribution in [0.15, 0.2) is 30.5 Å². The van der Waals surface area contributed by atoms with Gasteiger partial charge in [-0.05, 0) is 50.8 Å². The Morgan fingerprint density at radius 3 is 2.79 bits per heavy atom. The lowest BCUT2D eigenvalue weighted by Gasteiger charge is -2.32. The highest BCUT2D eigenvalue weighted by Gasteiger charge is 2.33. The molecule has 4 heterocycles. The van der Waals surface area contributed by atoms with Crippen molar-refractivity contribution in [1.29, 1.82) is 0 Å². The van der Waals surface area contributed by atoms with Crippen molar-refractivity contribution in [2.75, 3.05) is 37.4 Å². The van der Waals surface area contributed by atoms with Crippen molar-refractivity contribution >= 4 is 29.1 Å². The van der Waals surface area contributed by atoms with Gasteiger partial charge in [-0.15, -0.1) is 0 Å². The van der Waals surface area contributed by atoms with Gasteiger partial charge in [0.05, 0.1) is 34.9 Å². The molecule has 1 amide bonds. The molecule has 2 unspecified atom stereocenters. The van der Waals surface area contributed by atoms with Crippen LogP contribution in [0.4, 0.5) is 11.6 Å². The number of hydrogen-bond donors (Lipinski definition) is 3. The average molecular weight is 474 g/mol. The maximum absolute atomic E-state index is 12.7. The lowest BCUT2D eigenvalue weighted by Crippen LogP contribution is -2.33. The summed E-state index contributed by atoms with van der Waals surface area (Å²) in [5, 5.41) is 10.0. The zero-order valence-electron chi connectivity index (χ0n) is 19.3. The molecule has 3 N–H and O–H groups in total. The summed E-state index contributed by atoms with van der Waals surface area (Å²) in [6.07, 6.45) is 4.03. The molecule has 2 aromatic heterocycles. The number of carbonyl (C=O) groups excluding carboxylic acids is 1. The van der Waals surface area contributed by atoms with Crippen LogP contribution in [0.2, 0.25) is 5.02 Å². The van der Waals surface area contributed by atoms with Crippen molar-refractivity contribution < 1.29 is 14.3 Å². The quantitative estimate of drug-likeness (QED) is 0.565. The fourth-order valence-electron chi connectivity index (χ4n) is 4.73. The van der Waals surface area contributed by atoms with Crippen LogP contribution in [0, 0.1) is 11.8 Å². The summed E-state index contributed by atoms with van der Waals surface area (Å²) >= 11 is 6.44. The Hall–Kier alpha value is -2.26. The van der Waals surface area contributed by atoms with Gasteiger partial charge < -0.3 is 25.4 Å². The average Bonchev–Trinajstić information content (AvgIpc) is 3.28. The first-order valence-corrected chi connectivity index (χ1v) is 11.9. The van der Waals surface area contributed by atoms with Gasteiger partial charge in [-0.1, -0.05) is 17.7 Å². The van der Waals surface area contributed by atoms with E-state index in [0.717, 1.165) is 25.2 Å². The van der Waals surface area contributed by atoms with Crippen LogP contribution in [0.3, 0.4) is 0 Å². The molecule has 0 bridgehead atoms. The minimum absolute atomic E-state index is 0.129. The number of hydrogen-bond acceptors (Lipinski definition) is 7. The molecule has 0 spiro atoms. The number of halogens is 1. The van der Waals surface area contributed by atoms with Gasteiger partial charge in [0.2, 0.25) is 5.91 Å². The van der Waals surface area contributed by atoms with Crippen molar-refractivity contribution in [3.8, 4) is 11.3 Å². The second-order valence-electron chi connectivity index (χ2n) is 8.96. The Balaban J connectivity index is 1.44. The normalized spacial score (nSPS) is 27.3. The molecule has 2 saturated heterocycles. The standard InChI is InChI=1S/C24H32ClN5O3/c1-14-7-16(8-15(2)33-14)10-27-22-6-4-5-20(29-22)17-9-23(28-12-19(17)25)30-24(31)18-11-26-13-21(18)32-3/h4-6,9,12,14-16,18,21,26H,7-8,10-11,13H2,1-3H3,(H,27,29)(H,28,30,31)/t14?,15?,16?,18-,21-/m0/s1. The Bertz CT molecular complexity index is 965. The van der Waals surface area contributed by atoms with Crippen LogP contribution in [-0.2, 0) is 14.3 Å². The van der Waals surface area contributed by atoms with E-state index >= 15 is 0 Å². The molecule has 2 aromatic rings. The molecular weight excluding hydrogens is 442 g/mol. The van der Waals surface area contributed by atoms with E-state index in [-0.39, 0.29) is 30.1 Å². The Morgan fingerprint density at radius 1 is 1.24 bits per heavy atom. The highest BCUT2D eigenvalue weighted by Crippen LogP contribution is 2.30. The summed E-state index contributed by atoms with van der Waals surface area (Å²) < 4.78 is 11.2. The molecule has 2 aliphatic heterocycles. The summed E-state index contributed by atoms with van der Waals surface area (Å²) in [7, 11) is 1.62. The van der Waals surface area contributed by atoms with E-state index in [4.69, 9.17) is 26.1 Å². The molecule has 0 saturated carbocycles. The third-order valence-corrected chi connectivity index (χ3v) is 6.60. The molecule has 0 radical (unpaired) electrons. The van der Waals surface area contributed by atoms with Gasteiger partial charge in [-0.3, -0.25) is 4.79 Å². The fraction of sp³-hybridized carbons (Fsp3) is 0.542. The molecule has 0 aliphatic carbocycles. The largest absolute Gasteiger partial charge is 0.379 e. The van der Waals surface area contributed by atoms with Gasteiger partial charge in [0, 0.05) is 38.5 Å². The van der Waals surface area contributed by atoms with E-state index < -0.39 is 0 Å². The number of amides is 1. The highest BCUT2D eigenvalue weighted by atomic mass is 35.5. The molecule has 0 aromatic carbocycles. The first-order valence-electron chi connectivity index (χ1n) is 11.5. The van der Waals surface area contributed by atoms with Crippen molar-refractivity contribution in [3.05, 3.63) is 35.5 Å². The van der Waals surface area contributed by atoms with Crippen LogP contribution >= 0.6 is 11.6 Å². The Labute approximate surface area is 199 Å². The minimum Gasteiger partial charge on any atom is -0.379 e. The monoisotopic (exact) mass is 473 g/mol. The van der Waals surface area contributed by atoms with Crippen LogP contribution in [0.5, 0.6) is 0 Å². The minimum atomic E-state index is -0.266. The Morgan fingerprint density at radius 2 is 2.03 bits per heavy atom. The predicted octanol–water partition coefficient (Wildman–Crippen LogP) is 3.59. The van der Waals surface area contributed by atoms with Gasteiger partial charge in [0.15, 0.2) is 0 Å².